The number of ketones is 1. The van der Waals surface area contributed by atoms with Crippen LogP contribution in [0.2, 0.25) is 36.3 Å². The normalized spacial score (nSPS) is 34.5. The molecule has 308 valence electrons. The SMILES string of the molecule is CCO[C@H]1C(=O)[C@]2(C)[C@@H](O[Si](CC)(CC)CC)C[C@H]3OC[C@@]3(OC(C)=O)[C@H]2[C@H](OC(=O)c2ccccc2)[C@]2(O)C[C@H](O[Si](CC)(CC)CC)C(C)=C1C2(C)C. The van der Waals surface area contributed by atoms with Gasteiger partial charge in [-0.2, -0.15) is 0 Å². The molecule has 0 unspecified atom stereocenters. The van der Waals surface area contributed by atoms with Crippen molar-refractivity contribution in [1.82, 2.24) is 0 Å². The maximum absolute atomic E-state index is 16.2. The molecule has 3 fully saturated rings. The molecule has 0 aromatic heterocycles. The van der Waals surface area contributed by atoms with E-state index in [2.05, 4.69) is 41.5 Å². The monoisotopic (exact) mass is 800 g/mol. The zero-order chi connectivity index (χ0) is 40.8. The number of fused-ring (bicyclic) bond motifs is 5. The molecule has 2 saturated carbocycles. The molecule has 55 heavy (non-hydrogen) atoms. The van der Waals surface area contributed by atoms with Gasteiger partial charge in [-0.1, -0.05) is 73.6 Å². The van der Waals surface area contributed by atoms with Crippen LogP contribution in [0.4, 0.5) is 0 Å². The van der Waals surface area contributed by atoms with Gasteiger partial charge in [0.15, 0.2) is 28.0 Å². The van der Waals surface area contributed by atoms with Crippen molar-refractivity contribution in [3.8, 4) is 0 Å². The predicted octanol–water partition coefficient (Wildman–Crippen LogP) is 8.19. The highest BCUT2D eigenvalue weighted by Crippen LogP contribution is 2.65. The fraction of sp³-hybridized carbons (Fsp3) is 0.744. The summed E-state index contributed by atoms with van der Waals surface area (Å²) < 4.78 is 40.8. The first-order valence-corrected chi connectivity index (χ1v) is 26.0. The van der Waals surface area contributed by atoms with Crippen LogP contribution in [0.25, 0.3) is 0 Å². The van der Waals surface area contributed by atoms with E-state index in [-0.39, 0.29) is 25.4 Å². The number of esters is 2. The van der Waals surface area contributed by atoms with Crippen LogP contribution in [0.1, 0.15) is 106 Å². The molecule has 9 atom stereocenters. The first kappa shape index (κ1) is 43.9. The second-order valence-electron chi connectivity index (χ2n) is 17.3. The number of benzene rings is 1. The first-order valence-electron chi connectivity index (χ1n) is 20.9. The van der Waals surface area contributed by atoms with Crippen molar-refractivity contribution in [2.24, 2.45) is 16.7 Å². The number of aliphatic hydroxyl groups is 1. The molecule has 1 aromatic carbocycles. The van der Waals surface area contributed by atoms with E-state index in [4.69, 9.17) is 27.8 Å². The number of ether oxygens (including phenoxy) is 4. The van der Waals surface area contributed by atoms with Crippen LogP contribution < -0.4 is 0 Å². The van der Waals surface area contributed by atoms with Gasteiger partial charge in [0.25, 0.3) is 0 Å². The average Bonchev–Trinajstić information content (AvgIpc) is 3.16. The van der Waals surface area contributed by atoms with E-state index < -0.39 is 87.0 Å². The molecule has 1 N–H and O–H groups in total. The molecule has 1 aromatic rings. The van der Waals surface area contributed by atoms with Gasteiger partial charge in [0, 0.05) is 31.8 Å². The fourth-order valence-electron chi connectivity index (χ4n) is 10.8. The summed E-state index contributed by atoms with van der Waals surface area (Å²) in [6, 6.07) is 13.9. The third-order valence-corrected chi connectivity index (χ3v) is 24.2. The molecule has 2 bridgehead atoms. The summed E-state index contributed by atoms with van der Waals surface area (Å²) in [5.74, 6) is -2.50. The van der Waals surface area contributed by atoms with E-state index >= 15 is 4.79 Å². The first-order chi connectivity index (χ1) is 25.9. The van der Waals surface area contributed by atoms with Gasteiger partial charge in [-0.3, -0.25) is 9.59 Å². The lowest BCUT2D eigenvalue weighted by atomic mass is 9.44. The van der Waals surface area contributed by atoms with Gasteiger partial charge in [0.05, 0.1) is 35.7 Å². The third kappa shape index (κ3) is 6.97. The van der Waals surface area contributed by atoms with Gasteiger partial charge in [-0.05, 0) is 80.3 Å². The standard InChI is InChI=1S/C43H68O10Si2/c1-13-48-35-34-28(8)31(52-54(14-2,15-3)16-4)26-43(47,40(34,10)11)38(50-39(46)30-23-21-20-22-24-30)36-41(12,37(35)45)32(53-55(17-5,18-6)19-7)25-33-42(36,27-49-33)51-29(9)44/h20-24,31-33,35-36,38,47H,13-19,25-27H2,1-12H3/t31-,32-,33+,35+,36-,38-,41+,42-,43+/m0/s1. The Labute approximate surface area is 331 Å². The zero-order valence-corrected chi connectivity index (χ0v) is 37.5. The summed E-state index contributed by atoms with van der Waals surface area (Å²) in [6.45, 7) is 24.1. The Bertz CT molecular complexity index is 1590. The molecule has 0 amide bonds. The largest absolute Gasteiger partial charge is 0.455 e. The molecule has 1 saturated heterocycles. The maximum Gasteiger partial charge on any atom is 0.338 e. The summed E-state index contributed by atoms with van der Waals surface area (Å²) in [5.41, 5.74) is -4.06. The smallest absolute Gasteiger partial charge is 0.338 e. The summed E-state index contributed by atoms with van der Waals surface area (Å²) >= 11 is 0. The van der Waals surface area contributed by atoms with E-state index in [1.165, 1.54) is 6.92 Å². The van der Waals surface area contributed by atoms with Crippen LogP contribution in [0.3, 0.4) is 0 Å². The molecule has 4 aliphatic rings. The van der Waals surface area contributed by atoms with E-state index in [1.54, 1.807) is 24.3 Å². The Morgan fingerprint density at radius 2 is 1.45 bits per heavy atom. The maximum atomic E-state index is 16.2. The minimum Gasteiger partial charge on any atom is -0.455 e. The minimum absolute atomic E-state index is 0.0240. The molecule has 1 heterocycles. The Morgan fingerprint density at radius 3 is 1.95 bits per heavy atom. The average molecular weight is 801 g/mol. The summed E-state index contributed by atoms with van der Waals surface area (Å²) in [4.78, 5) is 43.9. The van der Waals surface area contributed by atoms with Crippen LogP contribution in [0, 0.1) is 16.7 Å². The fourth-order valence-corrected chi connectivity index (χ4v) is 16.6. The second-order valence-corrected chi connectivity index (χ2v) is 26.7. The molecular weight excluding hydrogens is 733 g/mol. The highest BCUT2D eigenvalue weighted by molar-refractivity contribution is 6.74. The second kappa shape index (κ2) is 16.2. The van der Waals surface area contributed by atoms with Gasteiger partial charge in [-0.25, -0.2) is 4.79 Å². The molecule has 0 radical (unpaired) electrons. The topological polar surface area (TPSA) is 127 Å². The number of hydrogen-bond acceptors (Lipinski definition) is 10. The van der Waals surface area contributed by atoms with Crippen molar-refractivity contribution in [1.29, 1.82) is 0 Å². The number of rotatable bonds is 15. The Balaban J connectivity index is 1.90. The quantitative estimate of drug-likeness (QED) is 0.105. The van der Waals surface area contributed by atoms with E-state index in [0.29, 0.717) is 17.6 Å². The molecule has 5 rings (SSSR count). The predicted molar refractivity (Wildman–Crippen MR) is 217 cm³/mol. The lowest BCUT2D eigenvalue weighted by molar-refractivity contribution is -0.344. The Hall–Kier alpha value is -2.20. The highest BCUT2D eigenvalue weighted by Gasteiger charge is 2.78. The molecule has 0 spiro atoms. The van der Waals surface area contributed by atoms with Gasteiger partial charge in [0.1, 0.15) is 23.9 Å². The van der Waals surface area contributed by atoms with Gasteiger partial charge < -0.3 is 32.9 Å². The molecule has 1 aliphatic heterocycles. The van der Waals surface area contributed by atoms with Crippen LogP contribution in [-0.2, 0) is 37.4 Å². The number of carbonyl (C=O) groups excluding carboxylic acids is 3. The molecular formula is C43H68O10Si2. The summed E-state index contributed by atoms with van der Waals surface area (Å²) in [6.07, 6.45) is -3.98. The van der Waals surface area contributed by atoms with Crippen molar-refractivity contribution in [3.63, 3.8) is 0 Å². The number of Topliss-reactive ketones (excluding diaryl/α,β-unsaturated/α-hetero) is 1. The number of carbonyl (C=O) groups is 3. The van der Waals surface area contributed by atoms with Crippen molar-refractivity contribution in [3.05, 3.63) is 47.0 Å². The van der Waals surface area contributed by atoms with Gasteiger partial charge in [-0.15, -0.1) is 0 Å². The number of hydrogen-bond donors (Lipinski definition) is 1. The molecule has 10 nitrogen and oxygen atoms in total. The van der Waals surface area contributed by atoms with Crippen LogP contribution >= 0.6 is 0 Å². The minimum atomic E-state index is -2.41. The van der Waals surface area contributed by atoms with E-state index in [1.807, 2.05) is 40.7 Å². The summed E-state index contributed by atoms with van der Waals surface area (Å²) in [5, 5.41) is 14.0. The Kier molecular flexibility index (Phi) is 12.9. The van der Waals surface area contributed by atoms with Crippen molar-refractivity contribution in [2.45, 2.75) is 174 Å². The Morgan fingerprint density at radius 1 is 0.891 bits per heavy atom. The van der Waals surface area contributed by atoms with Gasteiger partial charge in [0.2, 0.25) is 0 Å². The van der Waals surface area contributed by atoms with Crippen molar-refractivity contribution in [2.75, 3.05) is 13.2 Å². The lowest BCUT2D eigenvalue weighted by Crippen LogP contribution is -2.82. The third-order valence-electron chi connectivity index (χ3n) is 14.9. The zero-order valence-electron chi connectivity index (χ0n) is 35.5. The van der Waals surface area contributed by atoms with E-state index in [0.717, 1.165) is 41.8 Å². The van der Waals surface area contributed by atoms with Crippen molar-refractivity contribution < 1.29 is 47.3 Å². The van der Waals surface area contributed by atoms with Gasteiger partial charge >= 0.3 is 11.9 Å². The molecule has 12 heteroatoms. The lowest BCUT2D eigenvalue weighted by Gasteiger charge is -2.68. The van der Waals surface area contributed by atoms with Crippen LogP contribution in [-0.4, -0.2) is 94.4 Å². The van der Waals surface area contributed by atoms with Crippen LogP contribution in [0.5, 0.6) is 0 Å². The molecule has 3 aliphatic carbocycles. The summed E-state index contributed by atoms with van der Waals surface area (Å²) in [7, 11) is -4.71. The highest BCUT2D eigenvalue weighted by atomic mass is 28.4. The van der Waals surface area contributed by atoms with Crippen molar-refractivity contribution >= 4 is 34.4 Å². The van der Waals surface area contributed by atoms with Crippen LogP contribution in [0.15, 0.2) is 41.5 Å². The van der Waals surface area contributed by atoms with E-state index in [9.17, 15) is 14.7 Å².